The van der Waals surface area contributed by atoms with Gasteiger partial charge in [0.05, 0.1) is 12.3 Å². The lowest BCUT2D eigenvalue weighted by atomic mass is 10.0. The van der Waals surface area contributed by atoms with Crippen LogP contribution >= 0.6 is 11.6 Å². The van der Waals surface area contributed by atoms with Crippen LogP contribution in [0.5, 0.6) is 0 Å². The van der Waals surface area contributed by atoms with Crippen molar-refractivity contribution >= 4 is 11.6 Å². The Morgan fingerprint density at radius 1 is 1.30 bits per heavy atom. The number of hydrogen-bond donors (Lipinski definition) is 1. The predicted octanol–water partition coefficient (Wildman–Crippen LogP) is 3.81. The lowest BCUT2D eigenvalue weighted by molar-refractivity contribution is 0.280. The van der Waals surface area contributed by atoms with Gasteiger partial charge in [0.1, 0.15) is 16.7 Å². The van der Waals surface area contributed by atoms with Crippen LogP contribution in [0.1, 0.15) is 42.9 Å². The summed E-state index contributed by atoms with van der Waals surface area (Å²) >= 11 is 6.29. The number of aliphatic hydroxyl groups is 1. The van der Waals surface area contributed by atoms with Crippen LogP contribution in [0.3, 0.4) is 0 Å². The molecular formula is C15H16ClFN2O. The Morgan fingerprint density at radius 3 is 2.65 bits per heavy atom. The van der Waals surface area contributed by atoms with E-state index in [1.54, 1.807) is 18.2 Å². The molecule has 1 saturated carbocycles. The van der Waals surface area contributed by atoms with Crippen molar-refractivity contribution in [3.8, 4) is 5.69 Å². The fraction of sp³-hybridized carbons (Fsp3) is 0.400. The van der Waals surface area contributed by atoms with E-state index in [1.165, 1.54) is 23.6 Å². The Bertz CT molecular complexity index is 620. The highest BCUT2D eigenvalue weighted by molar-refractivity contribution is 6.30. The first-order chi connectivity index (χ1) is 9.72. The van der Waals surface area contributed by atoms with Crippen LogP contribution in [0, 0.1) is 5.82 Å². The zero-order chi connectivity index (χ0) is 14.1. The van der Waals surface area contributed by atoms with E-state index in [0.717, 1.165) is 18.5 Å². The Kier molecular flexibility index (Phi) is 3.76. The second-order valence-electron chi connectivity index (χ2n) is 5.16. The molecule has 106 valence electrons. The van der Waals surface area contributed by atoms with Crippen molar-refractivity contribution in [2.24, 2.45) is 0 Å². The molecule has 0 unspecified atom stereocenters. The maximum atomic E-state index is 13.9. The third-order valence-electron chi connectivity index (χ3n) is 3.93. The molecule has 1 aromatic heterocycles. The summed E-state index contributed by atoms with van der Waals surface area (Å²) in [7, 11) is 0. The second kappa shape index (κ2) is 5.54. The number of aromatic nitrogens is 2. The van der Waals surface area contributed by atoms with E-state index >= 15 is 0 Å². The van der Waals surface area contributed by atoms with E-state index in [4.69, 9.17) is 11.6 Å². The van der Waals surface area contributed by atoms with Crippen LogP contribution in [0.4, 0.5) is 4.39 Å². The maximum Gasteiger partial charge on any atom is 0.148 e. The Hall–Kier alpha value is -1.39. The summed E-state index contributed by atoms with van der Waals surface area (Å²) in [4.78, 5) is 0. The summed E-state index contributed by atoms with van der Waals surface area (Å²) in [5, 5.41) is 14.3. The molecule has 1 N–H and O–H groups in total. The van der Waals surface area contributed by atoms with Gasteiger partial charge in [0, 0.05) is 11.5 Å². The zero-order valence-electron chi connectivity index (χ0n) is 11.0. The van der Waals surface area contributed by atoms with Gasteiger partial charge in [0.2, 0.25) is 0 Å². The van der Waals surface area contributed by atoms with E-state index in [0.29, 0.717) is 22.3 Å². The highest BCUT2D eigenvalue weighted by Gasteiger charge is 2.26. The molecule has 1 heterocycles. The van der Waals surface area contributed by atoms with Crippen LogP contribution in [0.2, 0.25) is 5.15 Å². The summed E-state index contributed by atoms with van der Waals surface area (Å²) < 4.78 is 15.3. The third kappa shape index (κ3) is 2.23. The number of rotatable bonds is 3. The molecule has 0 amide bonds. The Morgan fingerprint density at radius 2 is 2.00 bits per heavy atom. The molecule has 3 nitrogen and oxygen atoms in total. The van der Waals surface area contributed by atoms with Gasteiger partial charge in [-0.1, -0.05) is 36.6 Å². The average molecular weight is 295 g/mol. The molecule has 3 rings (SSSR count). The van der Waals surface area contributed by atoms with E-state index in [-0.39, 0.29) is 12.4 Å². The van der Waals surface area contributed by atoms with E-state index in [1.807, 2.05) is 0 Å². The van der Waals surface area contributed by atoms with Gasteiger partial charge in [-0.3, -0.25) is 0 Å². The van der Waals surface area contributed by atoms with Crippen LogP contribution < -0.4 is 0 Å². The standard InChI is InChI=1S/C15H16ClFN2O/c16-15-11(9-20)14(10-5-1-2-6-10)18-19(15)13-8-4-3-7-12(13)17/h3-4,7-8,10,20H,1-2,5-6,9H2. The van der Waals surface area contributed by atoms with Gasteiger partial charge >= 0.3 is 0 Å². The van der Waals surface area contributed by atoms with Crippen molar-refractivity contribution in [1.29, 1.82) is 0 Å². The fourth-order valence-electron chi connectivity index (χ4n) is 2.90. The molecule has 1 aliphatic rings. The molecule has 0 bridgehead atoms. The maximum absolute atomic E-state index is 13.9. The summed E-state index contributed by atoms with van der Waals surface area (Å²) in [5.41, 5.74) is 1.76. The van der Waals surface area contributed by atoms with Crippen LogP contribution in [0.25, 0.3) is 5.69 Å². The Labute approximate surface area is 122 Å². The van der Waals surface area contributed by atoms with Crippen molar-refractivity contribution in [2.75, 3.05) is 0 Å². The van der Waals surface area contributed by atoms with Crippen molar-refractivity contribution in [3.63, 3.8) is 0 Å². The smallest absolute Gasteiger partial charge is 0.148 e. The van der Waals surface area contributed by atoms with Crippen molar-refractivity contribution in [2.45, 2.75) is 38.2 Å². The van der Waals surface area contributed by atoms with Crippen molar-refractivity contribution < 1.29 is 9.50 Å². The highest BCUT2D eigenvalue weighted by Crippen LogP contribution is 2.38. The molecule has 5 heteroatoms. The topological polar surface area (TPSA) is 38.1 Å². The normalized spacial score (nSPS) is 15.9. The number of halogens is 2. The van der Waals surface area contributed by atoms with Gasteiger partial charge < -0.3 is 5.11 Å². The molecule has 1 aliphatic carbocycles. The fourth-order valence-corrected chi connectivity index (χ4v) is 3.19. The molecule has 1 aromatic carbocycles. The first-order valence-electron chi connectivity index (χ1n) is 6.85. The van der Waals surface area contributed by atoms with E-state index < -0.39 is 0 Å². The number of aliphatic hydroxyl groups excluding tert-OH is 1. The molecule has 0 spiro atoms. The molecule has 20 heavy (non-hydrogen) atoms. The number of benzene rings is 1. The van der Waals surface area contributed by atoms with Crippen LogP contribution in [0.15, 0.2) is 24.3 Å². The minimum atomic E-state index is -0.376. The summed E-state index contributed by atoms with van der Waals surface area (Å²) in [5.74, 6) is -0.0537. The quantitative estimate of drug-likeness (QED) is 0.934. The van der Waals surface area contributed by atoms with Crippen LogP contribution in [-0.2, 0) is 6.61 Å². The van der Waals surface area contributed by atoms with Crippen LogP contribution in [-0.4, -0.2) is 14.9 Å². The highest BCUT2D eigenvalue weighted by atomic mass is 35.5. The Balaban J connectivity index is 2.11. The lowest BCUT2D eigenvalue weighted by Gasteiger charge is -2.06. The van der Waals surface area contributed by atoms with Crippen molar-refractivity contribution in [1.82, 2.24) is 9.78 Å². The zero-order valence-corrected chi connectivity index (χ0v) is 11.8. The SMILES string of the molecule is OCc1c(C2CCCC2)nn(-c2ccccc2F)c1Cl. The monoisotopic (exact) mass is 294 g/mol. The van der Waals surface area contributed by atoms with Gasteiger partial charge in [-0.25, -0.2) is 9.07 Å². The average Bonchev–Trinajstić information content (AvgIpc) is 3.07. The molecular weight excluding hydrogens is 279 g/mol. The van der Waals surface area contributed by atoms with E-state index in [9.17, 15) is 9.50 Å². The minimum absolute atomic E-state index is 0.168. The van der Waals surface area contributed by atoms with Gasteiger partial charge in [-0.2, -0.15) is 5.10 Å². The summed E-state index contributed by atoms with van der Waals surface area (Å²) in [6, 6.07) is 6.38. The first-order valence-corrected chi connectivity index (χ1v) is 7.23. The number of nitrogens with zero attached hydrogens (tertiary/aromatic N) is 2. The molecule has 2 aromatic rings. The van der Waals surface area contributed by atoms with Gasteiger partial charge in [0.15, 0.2) is 0 Å². The summed E-state index contributed by atoms with van der Waals surface area (Å²) in [6.07, 6.45) is 4.44. The molecule has 0 radical (unpaired) electrons. The first kappa shape index (κ1) is 13.6. The van der Waals surface area contributed by atoms with E-state index in [2.05, 4.69) is 5.10 Å². The van der Waals surface area contributed by atoms with Gasteiger partial charge in [-0.05, 0) is 25.0 Å². The molecule has 0 atom stereocenters. The van der Waals surface area contributed by atoms with Gasteiger partial charge in [-0.15, -0.1) is 0 Å². The molecule has 0 saturated heterocycles. The second-order valence-corrected chi connectivity index (χ2v) is 5.52. The molecule has 1 fully saturated rings. The van der Waals surface area contributed by atoms with Gasteiger partial charge in [0.25, 0.3) is 0 Å². The predicted molar refractivity (Wildman–Crippen MR) is 75.7 cm³/mol. The molecule has 0 aliphatic heterocycles. The number of hydrogen-bond acceptors (Lipinski definition) is 2. The lowest BCUT2D eigenvalue weighted by Crippen LogP contribution is -2.01. The third-order valence-corrected chi connectivity index (χ3v) is 4.32. The van der Waals surface area contributed by atoms with Crippen molar-refractivity contribution in [3.05, 3.63) is 46.5 Å². The number of para-hydroxylation sites is 1. The summed E-state index contributed by atoms with van der Waals surface area (Å²) in [6.45, 7) is -0.168. The minimum Gasteiger partial charge on any atom is -0.391 e. The largest absolute Gasteiger partial charge is 0.391 e.